The molecule has 3 rings (SSSR count). The summed E-state index contributed by atoms with van der Waals surface area (Å²) in [4.78, 5) is 4.49. The van der Waals surface area contributed by atoms with Crippen molar-refractivity contribution in [2.75, 3.05) is 27.4 Å². The third kappa shape index (κ3) is 3.98. The van der Waals surface area contributed by atoms with Gasteiger partial charge in [0.25, 0.3) is 0 Å². The highest BCUT2D eigenvalue weighted by atomic mass is 35.5. The van der Waals surface area contributed by atoms with Crippen LogP contribution in [0.4, 0.5) is 0 Å². The monoisotopic (exact) mass is 355 g/mol. The van der Waals surface area contributed by atoms with Gasteiger partial charge in [-0.3, -0.25) is 0 Å². The molecular formula is C16H22ClN3O4. The fourth-order valence-electron chi connectivity index (χ4n) is 2.65. The second-order valence-corrected chi connectivity index (χ2v) is 5.42. The Bertz CT molecular complexity index is 665. The molecule has 1 aromatic heterocycles. The number of nitrogens with one attached hydrogen (secondary N) is 1. The molecule has 2 atom stereocenters. The maximum Gasteiger partial charge on any atom is 0.246 e. The summed E-state index contributed by atoms with van der Waals surface area (Å²) >= 11 is 0. The summed E-state index contributed by atoms with van der Waals surface area (Å²) < 4.78 is 21.5. The normalized spacial score (nSPS) is 20.3. The average molecular weight is 356 g/mol. The lowest BCUT2D eigenvalue weighted by molar-refractivity contribution is -0.00136. The van der Waals surface area contributed by atoms with Crippen LogP contribution in [0.1, 0.15) is 30.2 Å². The molecule has 0 saturated carbocycles. The van der Waals surface area contributed by atoms with Crippen molar-refractivity contribution in [3.63, 3.8) is 0 Å². The molecule has 0 radical (unpaired) electrons. The molecule has 0 unspecified atom stereocenters. The summed E-state index contributed by atoms with van der Waals surface area (Å²) in [6, 6.07) is 5.69. The highest BCUT2D eigenvalue weighted by molar-refractivity contribution is 5.85. The van der Waals surface area contributed by atoms with Crippen molar-refractivity contribution in [3.05, 3.63) is 35.5 Å². The lowest BCUT2D eigenvalue weighted by atomic mass is 10.1. The van der Waals surface area contributed by atoms with Gasteiger partial charge in [0.15, 0.2) is 17.3 Å². The molecular weight excluding hydrogens is 334 g/mol. The van der Waals surface area contributed by atoms with E-state index in [1.807, 2.05) is 25.1 Å². The van der Waals surface area contributed by atoms with E-state index in [1.54, 1.807) is 14.2 Å². The molecule has 7 nitrogen and oxygen atoms in total. The van der Waals surface area contributed by atoms with Crippen LogP contribution in [0, 0.1) is 0 Å². The summed E-state index contributed by atoms with van der Waals surface area (Å²) in [6.07, 6.45) is 0.573. The maximum absolute atomic E-state index is 5.61. The van der Waals surface area contributed by atoms with E-state index in [1.165, 1.54) is 0 Å². The van der Waals surface area contributed by atoms with Crippen molar-refractivity contribution in [2.45, 2.75) is 25.5 Å². The number of ether oxygens (including phenoxy) is 3. The van der Waals surface area contributed by atoms with Crippen LogP contribution in [0.15, 0.2) is 22.7 Å². The Balaban J connectivity index is 0.00000208. The van der Waals surface area contributed by atoms with E-state index in [0.717, 1.165) is 12.1 Å². The Morgan fingerprint density at radius 2 is 2.04 bits per heavy atom. The van der Waals surface area contributed by atoms with E-state index < -0.39 is 0 Å². The predicted molar refractivity (Wildman–Crippen MR) is 90.1 cm³/mol. The van der Waals surface area contributed by atoms with E-state index in [4.69, 9.17) is 18.7 Å². The van der Waals surface area contributed by atoms with Crippen molar-refractivity contribution >= 4 is 12.4 Å². The van der Waals surface area contributed by atoms with E-state index in [0.29, 0.717) is 36.2 Å². The number of methoxy groups -OCH3 is 2. The van der Waals surface area contributed by atoms with Gasteiger partial charge in [0.05, 0.1) is 26.9 Å². The topological polar surface area (TPSA) is 78.6 Å². The summed E-state index contributed by atoms with van der Waals surface area (Å²) in [5, 5.41) is 7.40. The Kier molecular flexibility index (Phi) is 6.42. The quantitative estimate of drug-likeness (QED) is 0.880. The summed E-state index contributed by atoms with van der Waals surface area (Å²) in [6.45, 7) is 3.47. The summed E-state index contributed by atoms with van der Waals surface area (Å²) in [5.41, 5.74) is 1.02. The number of halogens is 1. The van der Waals surface area contributed by atoms with Crippen molar-refractivity contribution in [2.24, 2.45) is 0 Å². The van der Waals surface area contributed by atoms with E-state index in [9.17, 15) is 0 Å². The largest absolute Gasteiger partial charge is 0.493 e. The minimum Gasteiger partial charge on any atom is -0.493 e. The van der Waals surface area contributed by atoms with Crippen molar-refractivity contribution in [1.29, 1.82) is 0 Å². The number of hydrogen-bond donors (Lipinski definition) is 1. The molecule has 1 aliphatic heterocycles. The molecule has 0 spiro atoms. The van der Waals surface area contributed by atoms with Gasteiger partial charge in [-0.15, -0.1) is 12.4 Å². The first-order valence-electron chi connectivity index (χ1n) is 7.59. The number of benzene rings is 1. The number of morpholine rings is 1. The highest BCUT2D eigenvalue weighted by Crippen LogP contribution is 2.28. The molecule has 0 bridgehead atoms. The van der Waals surface area contributed by atoms with Crippen LogP contribution in [0.3, 0.4) is 0 Å². The van der Waals surface area contributed by atoms with Gasteiger partial charge in [0, 0.05) is 13.0 Å². The third-order valence-corrected chi connectivity index (χ3v) is 3.88. The lowest BCUT2D eigenvalue weighted by Crippen LogP contribution is -2.40. The van der Waals surface area contributed by atoms with Gasteiger partial charge in [-0.1, -0.05) is 11.2 Å². The van der Waals surface area contributed by atoms with Gasteiger partial charge in [-0.2, -0.15) is 4.98 Å². The molecule has 8 heteroatoms. The minimum absolute atomic E-state index is 0. The molecule has 1 aliphatic rings. The third-order valence-electron chi connectivity index (χ3n) is 3.88. The van der Waals surface area contributed by atoms with Crippen LogP contribution >= 0.6 is 12.4 Å². The minimum atomic E-state index is -0.0598. The van der Waals surface area contributed by atoms with Gasteiger partial charge < -0.3 is 24.1 Å². The first-order chi connectivity index (χ1) is 11.2. The SMILES string of the molecule is COc1ccc(Cc2noc([C@H]3NCCO[C@@H]3C)n2)cc1OC.Cl. The smallest absolute Gasteiger partial charge is 0.246 e. The second kappa shape index (κ2) is 8.32. The predicted octanol–water partition coefficient (Wildman–Crippen LogP) is 2.15. The van der Waals surface area contributed by atoms with Crippen LogP contribution in [0.5, 0.6) is 11.5 Å². The van der Waals surface area contributed by atoms with Gasteiger partial charge in [0.2, 0.25) is 5.89 Å². The van der Waals surface area contributed by atoms with Crippen LogP contribution in [-0.4, -0.2) is 43.6 Å². The zero-order valence-electron chi connectivity index (χ0n) is 13.9. The zero-order chi connectivity index (χ0) is 16.2. The fourth-order valence-corrected chi connectivity index (χ4v) is 2.65. The van der Waals surface area contributed by atoms with Crippen LogP contribution in [-0.2, 0) is 11.2 Å². The number of rotatable bonds is 5. The Hall–Kier alpha value is -1.83. The first-order valence-corrected chi connectivity index (χ1v) is 7.59. The van der Waals surface area contributed by atoms with Crippen molar-refractivity contribution < 1.29 is 18.7 Å². The molecule has 0 aliphatic carbocycles. The van der Waals surface area contributed by atoms with E-state index in [2.05, 4.69) is 15.5 Å². The molecule has 24 heavy (non-hydrogen) atoms. The Labute approximate surface area is 147 Å². The Morgan fingerprint density at radius 1 is 1.25 bits per heavy atom. The molecule has 0 amide bonds. The number of nitrogens with zero attached hydrogens (tertiary/aromatic N) is 2. The van der Waals surface area contributed by atoms with Gasteiger partial charge >= 0.3 is 0 Å². The molecule has 132 valence electrons. The van der Waals surface area contributed by atoms with Gasteiger partial charge in [0.1, 0.15) is 6.04 Å². The molecule has 1 saturated heterocycles. The lowest BCUT2D eigenvalue weighted by Gasteiger charge is -2.27. The number of aromatic nitrogens is 2. The molecule has 1 aromatic carbocycles. The van der Waals surface area contributed by atoms with Crippen LogP contribution in [0.25, 0.3) is 0 Å². The molecule has 2 aromatic rings. The van der Waals surface area contributed by atoms with E-state index >= 15 is 0 Å². The molecule has 1 fully saturated rings. The average Bonchev–Trinajstić information content (AvgIpc) is 3.03. The summed E-state index contributed by atoms with van der Waals surface area (Å²) in [5.74, 6) is 2.58. The van der Waals surface area contributed by atoms with Gasteiger partial charge in [-0.25, -0.2) is 0 Å². The summed E-state index contributed by atoms with van der Waals surface area (Å²) in [7, 11) is 3.23. The van der Waals surface area contributed by atoms with Crippen molar-refractivity contribution in [3.8, 4) is 11.5 Å². The zero-order valence-corrected chi connectivity index (χ0v) is 14.8. The fraction of sp³-hybridized carbons (Fsp3) is 0.500. The Morgan fingerprint density at radius 3 is 2.75 bits per heavy atom. The second-order valence-electron chi connectivity index (χ2n) is 5.42. The van der Waals surface area contributed by atoms with Gasteiger partial charge in [-0.05, 0) is 24.6 Å². The van der Waals surface area contributed by atoms with Crippen LogP contribution in [0.2, 0.25) is 0 Å². The van der Waals surface area contributed by atoms with Crippen molar-refractivity contribution in [1.82, 2.24) is 15.5 Å². The first kappa shape index (κ1) is 18.5. The number of hydrogen-bond acceptors (Lipinski definition) is 7. The standard InChI is InChI=1S/C16H21N3O4.ClH/c1-10-15(17-6-7-22-10)16-18-14(19-23-16)9-11-4-5-12(20-2)13(8-11)21-3;/h4-5,8,10,15,17H,6-7,9H2,1-3H3;1H/t10-,15+;/m1./s1. The van der Waals surface area contributed by atoms with Crippen LogP contribution < -0.4 is 14.8 Å². The molecule has 2 heterocycles. The molecule has 1 N–H and O–H groups in total. The van der Waals surface area contributed by atoms with E-state index in [-0.39, 0.29) is 24.6 Å². The maximum atomic E-state index is 5.61. The highest BCUT2D eigenvalue weighted by Gasteiger charge is 2.28.